The van der Waals surface area contributed by atoms with Gasteiger partial charge in [-0.2, -0.15) is 10.2 Å². The first-order valence-electron chi connectivity index (χ1n) is 12.4. The monoisotopic (exact) mass is 487 g/mol. The van der Waals surface area contributed by atoms with E-state index in [1.54, 1.807) is 27.7 Å². The quantitative estimate of drug-likeness (QED) is 0.567. The van der Waals surface area contributed by atoms with Gasteiger partial charge in [-0.1, -0.05) is 0 Å². The molecule has 9 nitrogen and oxygen atoms in total. The highest BCUT2D eigenvalue weighted by Crippen LogP contribution is 2.41. The van der Waals surface area contributed by atoms with Crippen molar-refractivity contribution >= 4 is 11.7 Å². The Morgan fingerprint density at radius 3 is 2.69 bits per heavy atom. The van der Waals surface area contributed by atoms with Gasteiger partial charge < -0.3 is 10.1 Å². The van der Waals surface area contributed by atoms with Gasteiger partial charge in [-0.05, 0) is 51.5 Å². The molecular formula is C24H31F2N7O2. The van der Waals surface area contributed by atoms with E-state index in [1.807, 2.05) is 13.8 Å². The molecule has 0 aromatic carbocycles. The van der Waals surface area contributed by atoms with Gasteiger partial charge >= 0.3 is 0 Å². The van der Waals surface area contributed by atoms with E-state index in [0.29, 0.717) is 49.8 Å². The number of hydrogen-bond acceptors (Lipinski definition) is 6. The Bertz CT molecular complexity index is 1190. The Morgan fingerprint density at radius 1 is 1.23 bits per heavy atom. The highest BCUT2D eigenvalue weighted by Gasteiger charge is 2.39. The zero-order valence-corrected chi connectivity index (χ0v) is 20.1. The minimum absolute atomic E-state index is 0.169. The number of amides is 1. The van der Waals surface area contributed by atoms with Gasteiger partial charge in [0.05, 0.1) is 29.3 Å². The predicted molar refractivity (Wildman–Crippen MR) is 123 cm³/mol. The number of aromatic nitrogens is 6. The third-order valence-electron chi connectivity index (χ3n) is 7.23. The number of halogens is 2. The molecule has 1 saturated carbocycles. The minimum atomic E-state index is -2.66. The van der Waals surface area contributed by atoms with E-state index in [4.69, 9.17) is 14.7 Å². The van der Waals surface area contributed by atoms with Crippen LogP contribution in [0.4, 0.5) is 8.78 Å². The number of carbonyl (C=O) groups is 1. The standard InChI is InChI=1S/C24H31F2N7O2/c1-3-32-19(6-11-27-32)22(34)29-21(16-4-9-24(25,26)10-5-16)18-14-33-23(28-18)30-20(15(2)31-33)17-7-12-35-13-8-17/h6,11,14,16-17,21H,3-5,7-10,12-13H2,1-2H3,(H,29,34). The molecule has 2 aliphatic rings. The minimum Gasteiger partial charge on any atom is -0.381 e. The normalized spacial score (nSPS) is 20.2. The van der Waals surface area contributed by atoms with Crippen LogP contribution in [0.15, 0.2) is 18.5 Å². The Labute approximate surface area is 202 Å². The Kier molecular flexibility index (Phi) is 6.52. The van der Waals surface area contributed by atoms with Gasteiger partial charge in [0.25, 0.3) is 11.7 Å². The molecule has 0 spiro atoms. The molecule has 5 rings (SSSR count). The molecule has 3 aromatic rings. The summed E-state index contributed by atoms with van der Waals surface area (Å²) in [6.07, 6.45) is 5.31. The van der Waals surface area contributed by atoms with Crippen LogP contribution in [0.2, 0.25) is 0 Å². The maximum atomic E-state index is 13.9. The molecule has 0 bridgehead atoms. The lowest BCUT2D eigenvalue weighted by Crippen LogP contribution is -2.38. The molecule has 1 N–H and O–H groups in total. The summed E-state index contributed by atoms with van der Waals surface area (Å²) in [6, 6.07) is 1.12. The molecule has 11 heteroatoms. The van der Waals surface area contributed by atoms with Crippen LogP contribution in [0.1, 0.15) is 85.0 Å². The fourth-order valence-corrected chi connectivity index (χ4v) is 5.26. The van der Waals surface area contributed by atoms with E-state index in [-0.39, 0.29) is 30.6 Å². The zero-order valence-electron chi connectivity index (χ0n) is 20.1. The summed E-state index contributed by atoms with van der Waals surface area (Å²) in [6.45, 7) is 5.79. The molecular weight excluding hydrogens is 456 g/mol. The number of fused-ring (bicyclic) bond motifs is 1. The molecule has 1 aliphatic carbocycles. The first-order valence-corrected chi connectivity index (χ1v) is 12.4. The van der Waals surface area contributed by atoms with Crippen molar-refractivity contribution in [2.45, 2.75) is 76.8 Å². The van der Waals surface area contributed by atoms with Crippen LogP contribution in [0.25, 0.3) is 5.78 Å². The lowest BCUT2D eigenvalue weighted by atomic mass is 9.81. The number of rotatable bonds is 6. The van der Waals surface area contributed by atoms with Crippen molar-refractivity contribution in [2.75, 3.05) is 13.2 Å². The van der Waals surface area contributed by atoms with Gasteiger partial charge in [0, 0.05) is 44.7 Å². The lowest BCUT2D eigenvalue weighted by molar-refractivity contribution is -0.0495. The summed E-state index contributed by atoms with van der Waals surface area (Å²) in [7, 11) is 0. The van der Waals surface area contributed by atoms with E-state index in [0.717, 1.165) is 24.2 Å². The molecule has 1 atom stereocenters. The number of carbonyl (C=O) groups excluding carboxylic acids is 1. The molecule has 4 heterocycles. The first-order chi connectivity index (χ1) is 16.8. The molecule has 2 fully saturated rings. The number of imidazole rings is 1. The fourth-order valence-electron chi connectivity index (χ4n) is 5.26. The van der Waals surface area contributed by atoms with Crippen molar-refractivity contribution in [3.63, 3.8) is 0 Å². The average molecular weight is 488 g/mol. The van der Waals surface area contributed by atoms with Crippen LogP contribution in [-0.4, -0.2) is 54.4 Å². The van der Waals surface area contributed by atoms with Crippen LogP contribution in [0.3, 0.4) is 0 Å². The third kappa shape index (κ3) is 4.91. The summed E-state index contributed by atoms with van der Waals surface area (Å²) in [4.78, 5) is 22.7. The molecule has 1 amide bonds. The zero-order chi connectivity index (χ0) is 24.6. The van der Waals surface area contributed by atoms with Gasteiger partial charge in [0.2, 0.25) is 5.92 Å². The summed E-state index contributed by atoms with van der Waals surface area (Å²) in [5, 5.41) is 11.9. The van der Waals surface area contributed by atoms with E-state index in [2.05, 4.69) is 15.5 Å². The lowest BCUT2D eigenvalue weighted by Gasteiger charge is -2.33. The highest BCUT2D eigenvalue weighted by molar-refractivity contribution is 5.92. The Balaban J connectivity index is 1.47. The SMILES string of the molecule is CCn1nccc1C(=O)NC(c1cn2nc(C)c(C3CCOCC3)nc2n1)C1CCC(F)(F)CC1. The summed E-state index contributed by atoms with van der Waals surface area (Å²) < 4.78 is 36.5. The Morgan fingerprint density at radius 2 is 1.97 bits per heavy atom. The molecule has 1 unspecified atom stereocenters. The fraction of sp³-hybridized carbons (Fsp3) is 0.625. The number of nitrogens with one attached hydrogen (secondary N) is 1. The van der Waals surface area contributed by atoms with E-state index in [1.165, 1.54) is 0 Å². The van der Waals surface area contributed by atoms with Gasteiger partial charge in [-0.25, -0.2) is 23.3 Å². The summed E-state index contributed by atoms with van der Waals surface area (Å²) in [5.74, 6) is -2.41. The maximum absolute atomic E-state index is 13.9. The van der Waals surface area contributed by atoms with E-state index < -0.39 is 12.0 Å². The van der Waals surface area contributed by atoms with Gasteiger partial charge in [0.1, 0.15) is 5.69 Å². The third-order valence-corrected chi connectivity index (χ3v) is 7.23. The van der Waals surface area contributed by atoms with E-state index in [9.17, 15) is 13.6 Å². The topological polar surface area (TPSA) is 99.2 Å². The summed E-state index contributed by atoms with van der Waals surface area (Å²) >= 11 is 0. The van der Waals surface area contributed by atoms with Crippen LogP contribution in [0.5, 0.6) is 0 Å². The second kappa shape index (κ2) is 9.60. The second-order valence-electron chi connectivity index (χ2n) is 9.56. The number of aryl methyl sites for hydroxylation is 2. The highest BCUT2D eigenvalue weighted by atomic mass is 19.3. The molecule has 188 valence electrons. The molecule has 3 aromatic heterocycles. The number of ether oxygens (including phenoxy) is 1. The maximum Gasteiger partial charge on any atom is 0.270 e. The second-order valence-corrected chi connectivity index (χ2v) is 9.56. The average Bonchev–Trinajstić information content (AvgIpc) is 3.49. The van der Waals surface area contributed by atoms with Crippen molar-refractivity contribution in [2.24, 2.45) is 5.92 Å². The van der Waals surface area contributed by atoms with Crippen molar-refractivity contribution in [3.8, 4) is 0 Å². The van der Waals surface area contributed by atoms with Crippen LogP contribution >= 0.6 is 0 Å². The Hall–Kier alpha value is -2.95. The molecule has 0 radical (unpaired) electrons. The number of hydrogen-bond donors (Lipinski definition) is 1. The first kappa shape index (κ1) is 23.8. The van der Waals surface area contributed by atoms with Gasteiger partial charge in [-0.3, -0.25) is 9.48 Å². The van der Waals surface area contributed by atoms with Crippen LogP contribution in [0, 0.1) is 12.8 Å². The van der Waals surface area contributed by atoms with Gasteiger partial charge in [0.15, 0.2) is 0 Å². The van der Waals surface area contributed by atoms with Crippen molar-refractivity contribution in [1.82, 2.24) is 34.7 Å². The van der Waals surface area contributed by atoms with Gasteiger partial charge in [-0.15, -0.1) is 0 Å². The largest absolute Gasteiger partial charge is 0.381 e. The van der Waals surface area contributed by atoms with Crippen molar-refractivity contribution in [3.05, 3.63) is 41.2 Å². The van der Waals surface area contributed by atoms with Crippen LogP contribution < -0.4 is 5.32 Å². The van der Waals surface area contributed by atoms with E-state index >= 15 is 0 Å². The molecule has 1 saturated heterocycles. The number of nitrogens with zero attached hydrogens (tertiary/aromatic N) is 6. The van der Waals surface area contributed by atoms with Crippen molar-refractivity contribution < 1.29 is 18.3 Å². The molecule has 35 heavy (non-hydrogen) atoms. The van der Waals surface area contributed by atoms with Crippen molar-refractivity contribution in [1.29, 1.82) is 0 Å². The summed E-state index contributed by atoms with van der Waals surface area (Å²) in [5.41, 5.74) is 2.76. The van der Waals surface area contributed by atoms with Crippen LogP contribution in [-0.2, 0) is 11.3 Å². The number of alkyl halides is 2. The smallest absolute Gasteiger partial charge is 0.270 e. The predicted octanol–water partition coefficient (Wildman–Crippen LogP) is 3.84. The molecule has 1 aliphatic heterocycles.